The van der Waals surface area contributed by atoms with Crippen LogP contribution in [0.1, 0.15) is 15.2 Å². The van der Waals surface area contributed by atoms with E-state index in [4.69, 9.17) is 16.3 Å². The standard InChI is InChI=1S/C13H10BrClO2S/c14-11-5-6-18-13(11)12(16)8-17-7-9-1-3-10(15)4-2-9/h1-6H,7-8H2. The van der Waals surface area contributed by atoms with Gasteiger partial charge in [-0.2, -0.15) is 0 Å². The lowest BCUT2D eigenvalue weighted by Crippen LogP contribution is -2.07. The van der Waals surface area contributed by atoms with Gasteiger partial charge in [-0.25, -0.2) is 0 Å². The lowest BCUT2D eigenvalue weighted by Gasteiger charge is -2.03. The number of thiophene rings is 1. The number of benzene rings is 1. The van der Waals surface area contributed by atoms with Crippen molar-refractivity contribution < 1.29 is 9.53 Å². The van der Waals surface area contributed by atoms with Crippen LogP contribution in [0.4, 0.5) is 0 Å². The number of carbonyl (C=O) groups excluding carboxylic acids is 1. The van der Waals surface area contributed by atoms with Crippen LogP contribution in [0.5, 0.6) is 0 Å². The second-order valence-electron chi connectivity index (χ2n) is 3.64. The number of carbonyl (C=O) groups is 1. The molecule has 5 heteroatoms. The average molecular weight is 346 g/mol. The molecule has 0 aliphatic carbocycles. The second-order valence-corrected chi connectivity index (χ2v) is 5.85. The van der Waals surface area contributed by atoms with Gasteiger partial charge in [0.05, 0.1) is 11.5 Å². The molecule has 0 unspecified atom stereocenters. The van der Waals surface area contributed by atoms with Crippen molar-refractivity contribution in [2.24, 2.45) is 0 Å². The van der Waals surface area contributed by atoms with E-state index in [1.165, 1.54) is 11.3 Å². The Morgan fingerprint density at radius 2 is 2.00 bits per heavy atom. The maximum absolute atomic E-state index is 11.8. The van der Waals surface area contributed by atoms with Crippen molar-refractivity contribution >= 4 is 44.7 Å². The highest BCUT2D eigenvalue weighted by atomic mass is 79.9. The van der Waals surface area contributed by atoms with E-state index in [1.807, 2.05) is 23.6 Å². The first-order chi connectivity index (χ1) is 8.66. The predicted octanol–water partition coefficient (Wildman–Crippen LogP) is 4.56. The summed E-state index contributed by atoms with van der Waals surface area (Å²) in [6.45, 7) is 0.494. The maximum atomic E-state index is 11.8. The molecule has 1 heterocycles. The highest BCUT2D eigenvalue weighted by Crippen LogP contribution is 2.23. The first-order valence-corrected chi connectivity index (χ1v) is 7.30. The summed E-state index contributed by atoms with van der Waals surface area (Å²) in [6.07, 6.45) is 0. The van der Waals surface area contributed by atoms with Gasteiger partial charge in [0.15, 0.2) is 5.78 Å². The number of hydrogen-bond acceptors (Lipinski definition) is 3. The van der Waals surface area contributed by atoms with Crippen molar-refractivity contribution in [2.75, 3.05) is 6.61 Å². The minimum absolute atomic E-state index is 0.00848. The van der Waals surface area contributed by atoms with Gasteiger partial charge in [0.25, 0.3) is 0 Å². The topological polar surface area (TPSA) is 26.3 Å². The molecular weight excluding hydrogens is 336 g/mol. The van der Waals surface area contributed by atoms with Gasteiger partial charge >= 0.3 is 0 Å². The molecule has 0 N–H and O–H groups in total. The molecule has 2 nitrogen and oxygen atoms in total. The van der Waals surface area contributed by atoms with Crippen LogP contribution in [0.2, 0.25) is 5.02 Å². The third kappa shape index (κ3) is 3.65. The normalized spacial score (nSPS) is 10.6. The fourth-order valence-electron chi connectivity index (χ4n) is 1.40. The van der Waals surface area contributed by atoms with Gasteiger partial charge < -0.3 is 4.74 Å². The summed E-state index contributed by atoms with van der Waals surface area (Å²) in [5.74, 6) is -0.00848. The SMILES string of the molecule is O=C(COCc1ccc(Cl)cc1)c1sccc1Br. The van der Waals surface area contributed by atoms with Crippen molar-refractivity contribution in [2.45, 2.75) is 6.61 Å². The molecule has 2 aromatic rings. The molecule has 0 radical (unpaired) electrons. The number of hydrogen-bond donors (Lipinski definition) is 0. The quantitative estimate of drug-likeness (QED) is 0.742. The molecular formula is C13H10BrClO2S. The lowest BCUT2D eigenvalue weighted by molar-refractivity contribution is 0.0730. The largest absolute Gasteiger partial charge is 0.369 e. The summed E-state index contributed by atoms with van der Waals surface area (Å²) in [4.78, 5) is 12.5. The fourth-order valence-corrected chi connectivity index (χ4v) is 3.05. The van der Waals surface area contributed by atoms with Crippen molar-refractivity contribution in [1.29, 1.82) is 0 Å². The Labute approximate surface area is 123 Å². The van der Waals surface area contributed by atoms with E-state index >= 15 is 0 Å². The van der Waals surface area contributed by atoms with E-state index in [-0.39, 0.29) is 12.4 Å². The molecule has 0 amide bonds. The zero-order chi connectivity index (χ0) is 13.0. The highest BCUT2D eigenvalue weighted by Gasteiger charge is 2.11. The molecule has 0 atom stereocenters. The van der Waals surface area contributed by atoms with Crippen LogP contribution in [0.15, 0.2) is 40.2 Å². The van der Waals surface area contributed by atoms with Crippen LogP contribution in [-0.2, 0) is 11.3 Å². The molecule has 1 aromatic carbocycles. The first kappa shape index (κ1) is 13.7. The maximum Gasteiger partial charge on any atom is 0.199 e. The van der Waals surface area contributed by atoms with Gasteiger partial charge in [-0.1, -0.05) is 23.7 Å². The van der Waals surface area contributed by atoms with E-state index in [2.05, 4.69) is 15.9 Å². The Kier molecular flexibility index (Phi) is 4.95. The molecule has 0 aliphatic rings. The summed E-state index contributed by atoms with van der Waals surface area (Å²) in [6, 6.07) is 9.23. The van der Waals surface area contributed by atoms with E-state index in [9.17, 15) is 4.79 Å². The fraction of sp³-hybridized carbons (Fsp3) is 0.154. The average Bonchev–Trinajstić information content (AvgIpc) is 2.78. The second kappa shape index (κ2) is 6.48. The summed E-state index contributed by atoms with van der Waals surface area (Å²) in [5.41, 5.74) is 0.998. The van der Waals surface area contributed by atoms with Crippen molar-refractivity contribution in [3.8, 4) is 0 Å². The molecule has 0 spiro atoms. The van der Waals surface area contributed by atoms with Crippen LogP contribution < -0.4 is 0 Å². The Morgan fingerprint density at radius 1 is 1.28 bits per heavy atom. The molecule has 0 fully saturated rings. The van der Waals surface area contributed by atoms with E-state index in [0.717, 1.165) is 10.0 Å². The van der Waals surface area contributed by atoms with Gasteiger partial charge in [0, 0.05) is 9.50 Å². The summed E-state index contributed by atoms with van der Waals surface area (Å²) in [7, 11) is 0. The number of ether oxygens (including phenoxy) is 1. The van der Waals surface area contributed by atoms with Gasteiger partial charge in [0.2, 0.25) is 0 Å². The Balaban J connectivity index is 1.84. The van der Waals surface area contributed by atoms with Gasteiger partial charge in [-0.05, 0) is 45.1 Å². The number of Topliss-reactive ketones (excluding diaryl/α,β-unsaturated/α-hetero) is 1. The summed E-state index contributed by atoms with van der Waals surface area (Å²) in [5, 5.41) is 2.56. The molecule has 94 valence electrons. The Morgan fingerprint density at radius 3 is 2.61 bits per heavy atom. The van der Waals surface area contributed by atoms with E-state index < -0.39 is 0 Å². The van der Waals surface area contributed by atoms with Crippen LogP contribution in [0, 0.1) is 0 Å². The van der Waals surface area contributed by atoms with Crippen molar-refractivity contribution in [1.82, 2.24) is 0 Å². The third-order valence-corrected chi connectivity index (χ3v) is 4.42. The van der Waals surface area contributed by atoms with Gasteiger partial charge in [-0.15, -0.1) is 11.3 Å². The minimum Gasteiger partial charge on any atom is -0.369 e. The highest BCUT2D eigenvalue weighted by molar-refractivity contribution is 9.10. The molecule has 1 aromatic heterocycles. The van der Waals surface area contributed by atoms with Crippen LogP contribution in [0.25, 0.3) is 0 Å². The number of ketones is 1. The predicted molar refractivity (Wildman–Crippen MR) is 77.5 cm³/mol. The Bertz CT molecular complexity index is 536. The molecule has 0 saturated heterocycles. The third-order valence-electron chi connectivity index (χ3n) is 2.29. The first-order valence-electron chi connectivity index (χ1n) is 5.25. The van der Waals surface area contributed by atoms with E-state index in [1.54, 1.807) is 12.1 Å². The lowest BCUT2D eigenvalue weighted by atomic mass is 10.2. The van der Waals surface area contributed by atoms with Crippen molar-refractivity contribution in [3.05, 3.63) is 55.6 Å². The zero-order valence-corrected chi connectivity index (χ0v) is 12.5. The molecule has 0 bridgehead atoms. The van der Waals surface area contributed by atoms with E-state index in [0.29, 0.717) is 16.5 Å². The molecule has 0 saturated carbocycles. The monoisotopic (exact) mass is 344 g/mol. The molecule has 0 aliphatic heterocycles. The molecule has 18 heavy (non-hydrogen) atoms. The summed E-state index contributed by atoms with van der Waals surface area (Å²) < 4.78 is 6.22. The van der Waals surface area contributed by atoms with Crippen LogP contribution in [-0.4, -0.2) is 12.4 Å². The number of rotatable bonds is 5. The van der Waals surface area contributed by atoms with Gasteiger partial charge in [0.1, 0.15) is 6.61 Å². The molecule has 2 rings (SSSR count). The minimum atomic E-state index is -0.00848. The van der Waals surface area contributed by atoms with Gasteiger partial charge in [-0.3, -0.25) is 4.79 Å². The zero-order valence-electron chi connectivity index (χ0n) is 9.36. The summed E-state index contributed by atoms with van der Waals surface area (Å²) >= 11 is 10.5. The number of halogens is 2. The smallest absolute Gasteiger partial charge is 0.199 e. The van der Waals surface area contributed by atoms with Crippen LogP contribution >= 0.6 is 38.9 Å². The van der Waals surface area contributed by atoms with Crippen molar-refractivity contribution in [3.63, 3.8) is 0 Å². The Hall–Kier alpha value is -0.680. The van der Waals surface area contributed by atoms with Crippen LogP contribution in [0.3, 0.4) is 0 Å².